The Labute approximate surface area is 216 Å². The monoisotopic (exact) mass is 525 g/mol. The van der Waals surface area contributed by atoms with Crippen molar-refractivity contribution in [2.24, 2.45) is 28.9 Å². The third-order valence-corrected chi connectivity index (χ3v) is 10.9. The lowest BCUT2D eigenvalue weighted by Gasteiger charge is -2.58. The molecule has 2 atom stereocenters. The van der Waals surface area contributed by atoms with Gasteiger partial charge in [0.25, 0.3) is 0 Å². The van der Waals surface area contributed by atoms with Crippen LogP contribution in [0.5, 0.6) is 0 Å². The highest BCUT2D eigenvalue weighted by molar-refractivity contribution is 7.89. The molecule has 5 aliphatic rings. The van der Waals surface area contributed by atoms with Gasteiger partial charge in [-0.2, -0.15) is 4.31 Å². The summed E-state index contributed by atoms with van der Waals surface area (Å²) in [5, 5.41) is 3.11. The number of sulfonamides is 1. The van der Waals surface area contributed by atoms with E-state index in [0.29, 0.717) is 37.2 Å². The Morgan fingerprint density at radius 1 is 1.00 bits per heavy atom. The lowest BCUT2D eigenvalue weighted by atomic mass is 9.47. The third kappa shape index (κ3) is 4.36. The Morgan fingerprint density at radius 3 is 2.27 bits per heavy atom. The van der Waals surface area contributed by atoms with Gasteiger partial charge in [-0.15, -0.1) is 0 Å². The molecule has 0 spiro atoms. The Hall–Kier alpha value is -2.78. The highest BCUT2D eigenvalue weighted by Crippen LogP contribution is 2.59. The summed E-state index contributed by atoms with van der Waals surface area (Å²) >= 11 is 0. The Balaban J connectivity index is 1.19. The van der Waals surface area contributed by atoms with Crippen LogP contribution in [0.15, 0.2) is 53.4 Å². The number of nitrogens with two attached hydrogens (primary N) is 1. The first-order chi connectivity index (χ1) is 17.7. The number of hydrogen-bond donors (Lipinski definition) is 2. The third-order valence-electron chi connectivity index (χ3n) is 9.00. The molecule has 4 bridgehead atoms. The van der Waals surface area contributed by atoms with E-state index < -0.39 is 26.2 Å². The lowest BCUT2D eigenvalue weighted by Crippen LogP contribution is -2.62. The van der Waals surface area contributed by atoms with Crippen molar-refractivity contribution in [3.05, 3.63) is 54.3 Å². The summed E-state index contributed by atoms with van der Waals surface area (Å²) in [7, 11) is -4.21. The van der Waals surface area contributed by atoms with Gasteiger partial charge in [-0.05, 0) is 86.0 Å². The molecule has 0 aliphatic heterocycles. The molecule has 2 amide bonds. The summed E-state index contributed by atoms with van der Waals surface area (Å²) < 4.78 is 43.3. The van der Waals surface area contributed by atoms with E-state index in [1.807, 2.05) is 30.3 Å². The predicted octanol–water partition coefficient (Wildman–Crippen LogP) is 3.44. The molecule has 0 radical (unpaired) electrons. The quantitative estimate of drug-likeness (QED) is 0.550. The van der Waals surface area contributed by atoms with E-state index in [4.69, 9.17) is 5.73 Å². The maximum absolute atomic E-state index is 15.1. The molecule has 37 heavy (non-hydrogen) atoms. The summed E-state index contributed by atoms with van der Waals surface area (Å²) in [5.41, 5.74) is 6.69. The van der Waals surface area contributed by atoms with E-state index in [9.17, 15) is 18.0 Å². The summed E-state index contributed by atoms with van der Waals surface area (Å²) in [6.45, 7) is -0.340. The van der Waals surface area contributed by atoms with Crippen molar-refractivity contribution in [3.63, 3.8) is 0 Å². The zero-order chi connectivity index (χ0) is 25.9. The molecule has 2 aromatic carbocycles. The van der Waals surface area contributed by atoms with Crippen molar-refractivity contribution in [2.75, 3.05) is 6.54 Å². The van der Waals surface area contributed by atoms with Gasteiger partial charge in [0.2, 0.25) is 21.8 Å². The second kappa shape index (κ2) is 8.91. The van der Waals surface area contributed by atoms with Gasteiger partial charge >= 0.3 is 0 Å². The first-order valence-electron chi connectivity index (χ1n) is 13.1. The SMILES string of the molecule is NC(=O)C12CC3CC(C1)C(NC(=O)CN(C1CC1)S(=O)(=O)c1ccc(-c4ccccc4)cc1F)C(C3)C2. The van der Waals surface area contributed by atoms with E-state index in [1.165, 1.54) is 12.1 Å². The van der Waals surface area contributed by atoms with Gasteiger partial charge < -0.3 is 11.1 Å². The number of primary amides is 1. The molecule has 0 heterocycles. The average molecular weight is 526 g/mol. The van der Waals surface area contributed by atoms with Crippen molar-refractivity contribution in [1.29, 1.82) is 0 Å². The maximum atomic E-state index is 15.1. The number of rotatable bonds is 8. The van der Waals surface area contributed by atoms with Crippen molar-refractivity contribution in [1.82, 2.24) is 9.62 Å². The van der Waals surface area contributed by atoms with Gasteiger partial charge in [0.1, 0.15) is 10.7 Å². The van der Waals surface area contributed by atoms with Crippen LogP contribution in [0.2, 0.25) is 0 Å². The van der Waals surface area contributed by atoms with Crippen LogP contribution in [0.1, 0.15) is 44.9 Å². The zero-order valence-corrected chi connectivity index (χ0v) is 21.4. The summed E-state index contributed by atoms with van der Waals surface area (Å²) in [6.07, 6.45) is 5.42. The summed E-state index contributed by atoms with van der Waals surface area (Å²) in [5.74, 6) is -0.618. The molecule has 5 saturated carbocycles. The molecule has 0 saturated heterocycles. The molecular formula is C28H32FN3O4S. The van der Waals surface area contributed by atoms with Crippen LogP contribution in [0.3, 0.4) is 0 Å². The van der Waals surface area contributed by atoms with Crippen molar-refractivity contribution in [3.8, 4) is 11.1 Å². The highest BCUT2D eigenvalue weighted by atomic mass is 32.2. The molecule has 5 aliphatic carbocycles. The maximum Gasteiger partial charge on any atom is 0.246 e. The molecule has 3 N–H and O–H groups in total. The fraction of sp³-hybridized carbons (Fsp3) is 0.500. The predicted molar refractivity (Wildman–Crippen MR) is 136 cm³/mol. The fourth-order valence-corrected chi connectivity index (χ4v) is 9.04. The number of benzene rings is 2. The van der Waals surface area contributed by atoms with Crippen molar-refractivity contribution in [2.45, 2.75) is 61.9 Å². The topological polar surface area (TPSA) is 110 Å². The minimum Gasteiger partial charge on any atom is -0.369 e. The number of carbonyl (C=O) groups excluding carboxylic acids is 2. The van der Waals surface area contributed by atoms with E-state index >= 15 is 4.39 Å². The molecule has 7 rings (SSSR count). The van der Waals surface area contributed by atoms with Crippen molar-refractivity contribution >= 4 is 21.8 Å². The van der Waals surface area contributed by atoms with Crippen LogP contribution in [-0.4, -0.2) is 43.2 Å². The molecule has 9 heteroatoms. The number of halogens is 1. The molecular weight excluding hydrogens is 493 g/mol. The van der Waals surface area contributed by atoms with E-state index in [1.54, 1.807) is 6.07 Å². The van der Waals surface area contributed by atoms with Gasteiger partial charge in [0.15, 0.2) is 0 Å². The first kappa shape index (κ1) is 24.6. The second-order valence-electron chi connectivity index (χ2n) is 11.5. The molecule has 5 fully saturated rings. The van der Waals surface area contributed by atoms with E-state index in [-0.39, 0.29) is 42.3 Å². The molecule has 2 aromatic rings. The largest absolute Gasteiger partial charge is 0.369 e. The van der Waals surface area contributed by atoms with Gasteiger partial charge in [-0.25, -0.2) is 12.8 Å². The summed E-state index contributed by atoms with van der Waals surface area (Å²) in [6, 6.07) is 12.9. The minimum absolute atomic E-state index is 0.0813. The van der Waals surface area contributed by atoms with Crippen LogP contribution >= 0.6 is 0 Å². The standard InChI is InChI=1S/C28H32FN3O4S/c29-23-12-19(18-4-2-1-3-5-18)6-9-24(23)37(35,36)32(22-7-8-22)16-25(33)31-26-20-10-17-11-21(26)15-28(13-17,14-20)27(30)34/h1-6,9,12,17,20-22,26H,7-8,10-11,13-16H2,(H2,30,34)(H,31,33). The van der Waals surface area contributed by atoms with Crippen molar-refractivity contribution < 1.29 is 22.4 Å². The molecule has 7 nitrogen and oxygen atoms in total. The van der Waals surface area contributed by atoms with E-state index in [0.717, 1.165) is 29.1 Å². The number of hydrogen-bond acceptors (Lipinski definition) is 4. The average Bonchev–Trinajstić information content (AvgIpc) is 3.70. The van der Waals surface area contributed by atoms with Crippen LogP contribution in [0, 0.1) is 29.0 Å². The van der Waals surface area contributed by atoms with E-state index in [2.05, 4.69) is 5.32 Å². The lowest BCUT2D eigenvalue weighted by molar-refractivity contribution is -0.147. The minimum atomic E-state index is -4.21. The van der Waals surface area contributed by atoms with Crippen LogP contribution in [-0.2, 0) is 19.6 Å². The van der Waals surface area contributed by atoms with Gasteiger partial charge in [-0.3, -0.25) is 9.59 Å². The van der Waals surface area contributed by atoms with Gasteiger partial charge in [0, 0.05) is 17.5 Å². The van der Waals surface area contributed by atoms with Crippen LogP contribution in [0.25, 0.3) is 11.1 Å². The Kier molecular flexibility index (Phi) is 5.91. The first-order valence-corrected chi connectivity index (χ1v) is 14.6. The van der Waals surface area contributed by atoms with Crippen LogP contribution in [0.4, 0.5) is 4.39 Å². The number of nitrogens with zero attached hydrogens (tertiary/aromatic N) is 1. The number of nitrogens with one attached hydrogen (secondary N) is 1. The second-order valence-corrected chi connectivity index (χ2v) is 13.4. The Bertz CT molecular complexity index is 1330. The summed E-state index contributed by atoms with van der Waals surface area (Å²) in [4.78, 5) is 25.0. The Morgan fingerprint density at radius 2 is 1.68 bits per heavy atom. The van der Waals surface area contributed by atoms with Gasteiger partial charge in [-0.1, -0.05) is 36.4 Å². The fourth-order valence-electron chi connectivity index (χ4n) is 7.35. The molecule has 2 unspecified atom stereocenters. The highest BCUT2D eigenvalue weighted by Gasteiger charge is 2.58. The number of carbonyl (C=O) groups is 2. The van der Waals surface area contributed by atoms with Gasteiger partial charge in [0.05, 0.1) is 6.54 Å². The zero-order valence-electron chi connectivity index (χ0n) is 20.6. The molecule has 196 valence electrons. The smallest absolute Gasteiger partial charge is 0.246 e. The number of amides is 2. The van der Waals surface area contributed by atoms with Crippen LogP contribution < -0.4 is 11.1 Å². The normalized spacial score (nSPS) is 30.4. The molecule has 0 aromatic heterocycles.